The molecule has 0 aromatic rings. The normalized spacial score (nSPS) is 40.4. The minimum atomic E-state index is -0.721. The van der Waals surface area contributed by atoms with Gasteiger partial charge in [-0.15, -0.1) is 0 Å². The van der Waals surface area contributed by atoms with Crippen LogP contribution in [0, 0.1) is 45.8 Å². The summed E-state index contributed by atoms with van der Waals surface area (Å²) in [6.07, 6.45) is 23.9. The Hall–Kier alpha value is 1.12. The van der Waals surface area contributed by atoms with Crippen molar-refractivity contribution in [1.29, 1.82) is 0 Å². The van der Waals surface area contributed by atoms with E-state index in [0.717, 1.165) is 46.1 Å². The quantitative estimate of drug-likeness (QED) is 0.0775. The predicted molar refractivity (Wildman–Crippen MR) is 200 cm³/mol. The van der Waals surface area contributed by atoms with Gasteiger partial charge in [0.25, 0.3) is 0 Å². The Morgan fingerprint density at radius 2 is 1.71 bits per heavy atom. The molecule has 0 bridgehead atoms. The van der Waals surface area contributed by atoms with Crippen LogP contribution >= 0.6 is 42.4 Å². The molecule has 10 atom stereocenters. The van der Waals surface area contributed by atoms with Gasteiger partial charge in [-0.3, -0.25) is 0 Å². The average Bonchev–Trinajstić information content (AvgIpc) is 3.29. The standard InChI is InChI=1S/C37H68I2N2/c1-8-37-22-18-31-33-16-15-32(28(2)13-11-14-29(3)38)35(33,4)20-19-34(31)36(37,5)21-17-30(27-37)41(7)26-12-24-39(6)23-9-10-25-40/h8,28-34H,1,9-27,40H2,2-7H3/t28-,29?,30+,31-,32+,33?,34?,35+,36+,37-/m0/s1. The summed E-state index contributed by atoms with van der Waals surface area (Å²) in [5.74, 6) is 4.75. The summed E-state index contributed by atoms with van der Waals surface area (Å²) in [7, 11) is 2.45. The van der Waals surface area contributed by atoms with Gasteiger partial charge in [0.05, 0.1) is 0 Å². The molecule has 41 heavy (non-hydrogen) atoms. The van der Waals surface area contributed by atoms with Crippen molar-refractivity contribution in [3.05, 3.63) is 12.7 Å². The second-order valence-electron chi connectivity index (χ2n) is 15.9. The molecule has 240 valence electrons. The first kappa shape index (κ1) is 35.0. The fourth-order valence-corrected chi connectivity index (χ4v) is 15.8. The van der Waals surface area contributed by atoms with E-state index in [9.17, 15) is 0 Å². The van der Waals surface area contributed by atoms with Crippen LogP contribution in [0.25, 0.3) is 0 Å². The molecule has 4 aliphatic carbocycles. The number of hydrogen-bond acceptors (Lipinski definition) is 2. The molecule has 0 radical (unpaired) electrons. The van der Waals surface area contributed by atoms with E-state index < -0.39 is 19.8 Å². The van der Waals surface area contributed by atoms with Gasteiger partial charge < -0.3 is 0 Å². The van der Waals surface area contributed by atoms with Gasteiger partial charge in [-0.1, -0.05) is 56.2 Å². The number of unbranched alkanes of at least 4 members (excludes halogenated alkanes) is 1. The molecule has 0 heterocycles. The van der Waals surface area contributed by atoms with Gasteiger partial charge in [-0.25, -0.2) is 0 Å². The molecule has 0 saturated heterocycles. The SMILES string of the molecule is C=C[C@@]12CC[C@H]3C4CC[C@H]([C@@H](C)CCCC(C)I)[C@@]4(C)CCC3[C@@]1(C)CC[C@@H](N(C)CCCI(C)CCCCN)C2. The predicted octanol–water partition coefficient (Wildman–Crippen LogP) is 10.4. The van der Waals surface area contributed by atoms with E-state index in [2.05, 4.69) is 79.8 Å². The number of rotatable bonds is 15. The molecule has 4 rings (SSSR count). The van der Waals surface area contributed by atoms with Crippen LogP contribution in [0.2, 0.25) is 0 Å². The summed E-state index contributed by atoms with van der Waals surface area (Å²) in [4.78, 5) is 5.38. The Balaban J connectivity index is 1.37. The van der Waals surface area contributed by atoms with Crippen LogP contribution in [0.1, 0.15) is 124 Å². The Morgan fingerprint density at radius 3 is 2.41 bits per heavy atom. The van der Waals surface area contributed by atoms with Crippen LogP contribution < -0.4 is 5.73 Å². The van der Waals surface area contributed by atoms with E-state index in [0.29, 0.717) is 16.2 Å². The number of allylic oxidation sites excluding steroid dienone is 1. The van der Waals surface area contributed by atoms with E-state index in [1.165, 1.54) is 112 Å². The first-order chi connectivity index (χ1) is 19.5. The van der Waals surface area contributed by atoms with Crippen molar-refractivity contribution in [3.8, 4) is 0 Å². The summed E-state index contributed by atoms with van der Waals surface area (Å²) in [6, 6.07) is 0.754. The van der Waals surface area contributed by atoms with Crippen molar-refractivity contribution in [2.45, 2.75) is 134 Å². The molecular weight excluding hydrogens is 726 g/mol. The number of nitrogens with zero attached hydrogens (tertiary/aromatic N) is 1. The molecule has 4 fully saturated rings. The van der Waals surface area contributed by atoms with Crippen molar-refractivity contribution in [2.75, 3.05) is 33.9 Å². The average molecular weight is 795 g/mol. The number of nitrogens with two attached hydrogens (primary N) is 1. The fraction of sp³-hybridized carbons (Fsp3) is 0.946. The zero-order valence-corrected chi connectivity index (χ0v) is 32.4. The van der Waals surface area contributed by atoms with Crippen LogP contribution in [0.3, 0.4) is 0 Å². The van der Waals surface area contributed by atoms with Gasteiger partial charge >= 0.3 is 195 Å². The van der Waals surface area contributed by atoms with Crippen LogP contribution in [0.5, 0.6) is 0 Å². The van der Waals surface area contributed by atoms with E-state index in [1.807, 2.05) is 0 Å². The van der Waals surface area contributed by atoms with Gasteiger partial charge in [0, 0.05) is 3.92 Å². The van der Waals surface area contributed by atoms with Gasteiger partial charge in [0.2, 0.25) is 0 Å². The first-order valence-electron chi connectivity index (χ1n) is 17.7. The zero-order chi connectivity index (χ0) is 29.8. The number of fused-ring (bicyclic) bond motifs is 5. The van der Waals surface area contributed by atoms with Crippen LogP contribution in [0.4, 0.5) is 0 Å². The van der Waals surface area contributed by atoms with Crippen molar-refractivity contribution in [2.24, 2.45) is 51.6 Å². The van der Waals surface area contributed by atoms with Crippen LogP contribution in [0.15, 0.2) is 12.7 Å². The van der Waals surface area contributed by atoms with E-state index in [1.54, 1.807) is 0 Å². The maximum atomic E-state index is 5.72. The topological polar surface area (TPSA) is 29.3 Å². The van der Waals surface area contributed by atoms with E-state index in [4.69, 9.17) is 5.73 Å². The molecular formula is C37H68I2N2. The molecule has 0 aromatic heterocycles. The number of hydrogen-bond donors (Lipinski definition) is 1. The van der Waals surface area contributed by atoms with E-state index in [-0.39, 0.29) is 0 Å². The van der Waals surface area contributed by atoms with Crippen molar-refractivity contribution in [1.82, 2.24) is 4.90 Å². The fourth-order valence-electron chi connectivity index (χ4n) is 11.3. The zero-order valence-electron chi connectivity index (χ0n) is 28.0. The van der Waals surface area contributed by atoms with Crippen molar-refractivity contribution < 1.29 is 0 Å². The Morgan fingerprint density at radius 1 is 0.951 bits per heavy atom. The van der Waals surface area contributed by atoms with Crippen molar-refractivity contribution >= 4 is 42.4 Å². The van der Waals surface area contributed by atoms with Crippen LogP contribution in [-0.4, -0.2) is 48.8 Å². The second kappa shape index (κ2) is 15.1. The van der Waals surface area contributed by atoms with Crippen molar-refractivity contribution in [3.63, 3.8) is 0 Å². The molecule has 0 aliphatic heterocycles. The third-order valence-corrected chi connectivity index (χ3v) is 19.7. The Labute approximate surface area is 277 Å². The van der Waals surface area contributed by atoms with E-state index >= 15 is 0 Å². The molecule has 2 N–H and O–H groups in total. The molecule has 0 spiro atoms. The van der Waals surface area contributed by atoms with Gasteiger partial charge in [-0.05, 0) is 24.7 Å². The summed E-state index contributed by atoms with van der Waals surface area (Å²) in [6.45, 7) is 17.3. The number of alkyl halides is 4. The summed E-state index contributed by atoms with van der Waals surface area (Å²) in [5.41, 5.74) is 7.14. The molecule has 4 heteroatoms. The van der Waals surface area contributed by atoms with Gasteiger partial charge in [0.1, 0.15) is 0 Å². The summed E-state index contributed by atoms with van der Waals surface area (Å²) >= 11 is 1.90. The maximum absolute atomic E-state index is 5.72. The summed E-state index contributed by atoms with van der Waals surface area (Å²) in [5, 5.41) is 0. The summed E-state index contributed by atoms with van der Waals surface area (Å²) < 4.78 is 3.86. The van der Waals surface area contributed by atoms with Crippen LogP contribution in [-0.2, 0) is 0 Å². The second-order valence-corrected chi connectivity index (χ2v) is 24.4. The van der Waals surface area contributed by atoms with Gasteiger partial charge in [0.15, 0.2) is 0 Å². The third-order valence-electron chi connectivity index (χ3n) is 13.8. The Bertz CT molecular complexity index is 832. The molecule has 4 aliphatic rings. The van der Waals surface area contributed by atoms with Gasteiger partial charge in [-0.2, -0.15) is 0 Å². The Kier molecular flexibility index (Phi) is 12.9. The molecule has 3 unspecified atom stereocenters. The molecule has 0 aromatic carbocycles. The molecule has 4 saturated carbocycles. The molecule has 0 amide bonds. The first-order valence-corrected chi connectivity index (χ1v) is 24.2. The third kappa shape index (κ3) is 7.42. The monoisotopic (exact) mass is 794 g/mol. The minimum absolute atomic E-state index is 0.353. The molecule has 2 nitrogen and oxygen atoms in total. The number of halogens is 2.